The molecule has 17 heavy (non-hydrogen) atoms. The molecule has 1 aliphatic heterocycles. The molecular weight excluding hydrogens is 218 g/mol. The van der Waals surface area contributed by atoms with Crippen molar-refractivity contribution in [1.82, 2.24) is 0 Å². The first-order chi connectivity index (χ1) is 8.33. The first-order valence-corrected chi connectivity index (χ1v) is 5.91. The molecule has 0 saturated carbocycles. The largest absolute Gasteiger partial charge is 0.490 e. The number of hydrogen-bond acceptors (Lipinski definition) is 4. The molecule has 94 valence electrons. The van der Waals surface area contributed by atoms with Gasteiger partial charge < -0.3 is 19.9 Å². The number of hydrogen-bond donors (Lipinski definition) is 1. The predicted octanol–water partition coefficient (Wildman–Crippen LogP) is 1.50. The number of rotatable bonds is 5. The average Bonchev–Trinajstić information content (AvgIpc) is 2.37. The quantitative estimate of drug-likeness (QED) is 0.788. The molecule has 1 aromatic rings. The molecule has 0 aliphatic carbocycles. The van der Waals surface area contributed by atoms with Crippen LogP contribution in [0.2, 0.25) is 0 Å². The monoisotopic (exact) mass is 237 g/mol. The Kier molecular flexibility index (Phi) is 4.36. The highest BCUT2D eigenvalue weighted by molar-refractivity contribution is 5.38. The van der Waals surface area contributed by atoms with Crippen LogP contribution >= 0.6 is 0 Å². The van der Waals surface area contributed by atoms with Gasteiger partial charge in [0, 0.05) is 25.9 Å². The Balaban J connectivity index is 1.90. The Bertz CT molecular complexity index is 356. The summed E-state index contributed by atoms with van der Waals surface area (Å²) in [5.74, 6) is 0.872. The zero-order valence-electron chi connectivity index (χ0n) is 10.1. The van der Waals surface area contributed by atoms with Gasteiger partial charge in [-0.2, -0.15) is 0 Å². The Labute approximate surface area is 102 Å². The summed E-state index contributed by atoms with van der Waals surface area (Å²) in [5, 5.41) is 0. The number of ether oxygens (including phenoxy) is 3. The van der Waals surface area contributed by atoms with Gasteiger partial charge in [-0.15, -0.1) is 0 Å². The van der Waals surface area contributed by atoms with Gasteiger partial charge in [0.05, 0.1) is 6.04 Å². The fourth-order valence-corrected chi connectivity index (χ4v) is 1.95. The fraction of sp³-hybridized carbons (Fsp3) is 0.538. The van der Waals surface area contributed by atoms with Crippen molar-refractivity contribution in [3.63, 3.8) is 0 Å². The van der Waals surface area contributed by atoms with E-state index >= 15 is 0 Å². The molecule has 0 saturated heterocycles. The minimum Gasteiger partial charge on any atom is -0.490 e. The van der Waals surface area contributed by atoms with E-state index in [0.29, 0.717) is 19.8 Å². The lowest BCUT2D eigenvalue weighted by Gasteiger charge is -2.31. The first kappa shape index (κ1) is 12.4. The van der Waals surface area contributed by atoms with E-state index in [1.807, 2.05) is 24.3 Å². The highest BCUT2D eigenvalue weighted by atomic mass is 16.5. The standard InChI is InChI=1S/C13H19NO3/c1-15-7-4-8-16-12-9-17-11-6-3-2-5-10(11)13(12)14/h2-3,5-6,12-13H,4,7-9,14H2,1H3/t12-,13-/m0/s1. The van der Waals surface area contributed by atoms with Crippen LogP contribution < -0.4 is 10.5 Å². The molecule has 1 aliphatic rings. The maximum Gasteiger partial charge on any atom is 0.124 e. The Morgan fingerprint density at radius 1 is 1.35 bits per heavy atom. The second-order valence-electron chi connectivity index (χ2n) is 4.13. The van der Waals surface area contributed by atoms with Gasteiger partial charge in [-0.1, -0.05) is 18.2 Å². The number of methoxy groups -OCH3 is 1. The number of nitrogens with two attached hydrogens (primary N) is 1. The minimum atomic E-state index is -0.109. The molecule has 2 rings (SSSR count). The maximum atomic E-state index is 6.17. The molecule has 0 amide bonds. The Morgan fingerprint density at radius 3 is 3.00 bits per heavy atom. The van der Waals surface area contributed by atoms with Crippen LogP contribution in [-0.2, 0) is 9.47 Å². The van der Waals surface area contributed by atoms with E-state index in [9.17, 15) is 0 Å². The summed E-state index contributed by atoms with van der Waals surface area (Å²) < 4.78 is 16.3. The van der Waals surface area contributed by atoms with Crippen molar-refractivity contribution in [2.45, 2.75) is 18.6 Å². The molecule has 0 bridgehead atoms. The molecule has 0 spiro atoms. The van der Waals surface area contributed by atoms with E-state index in [4.69, 9.17) is 19.9 Å². The van der Waals surface area contributed by atoms with Crippen LogP contribution in [0.1, 0.15) is 18.0 Å². The van der Waals surface area contributed by atoms with Crippen LogP contribution in [0.25, 0.3) is 0 Å². The van der Waals surface area contributed by atoms with Crippen LogP contribution in [0.5, 0.6) is 5.75 Å². The van der Waals surface area contributed by atoms with E-state index in [1.54, 1.807) is 7.11 Å². The number of para-hydroxylation sites is 1. The summed E-state index contributed by atoms with van der Waals surface area (Å²) in [5.41, 5.74) is 7.19. The van der Waals surface area contributed by atoms with Gasteiger partial charge in [-0.25, -0.2) is 0 Å². The zero-order chi connectivity index (χ0) is 12.1. The molecule has 2 atom stereocenters. The molecule has 0 aromatic heterocycles. The molecule has 0 unspecified atom stereocenters. The molecule has 0 fully saturated rings. The lowest BCUT2D eigenvalue weighted by Crippen LogP contribution is -2.38. The summed E-state index contributed by atoms with van der Waals surface area (Å²) in [4.78, 5) is 0. The SMILES string of the molecule is COCCCO[C@H]1COc2ccccc2[C@@H]1N. The molecule has 1 aromatic carbocycles. The normalized spacial score (nSPS) is 22.9. The minimum absolute atomic E-state index is 0.0678. The lowest BCUT2D eigenvalue weighted by molar-refractivity contribution is -0.0133. The van der Waals surface area contributed by atoms with E-state index in [2.05, 4.69) is 0 Å². The van der Waals surface area contributed by atoms with E-state index in [0.717, 1.165) is 17.7 Å². The van der Waals surface area contributed by atoms with E-state index in [1.165, 1.54) is 0 Å². The van der Waals surface area contributed by atoms with Crippen LogP contribution in [-0.4, -0.2) is 33.0 Å². The zero-order valence-corrected chi connectivity index (χ0v) is 10.1. The van der Waals surface area contributed by atoms with Gasteiger partial charge in [0.25, 0.3) is 0 Å². The van der Waals surface area contributed by atoms with E-state index < -0.39 is 0 Å². The highest BCUT2D eigenvalue weighted by Gasteiger charge is 2.28. The second kappa shape index (κ2) is 6.00. The van der Waals surface area contributed by atoms with Gasteiger partial charge >= 0.3 is 0 Å². The highest BCUT2D eigenvalue weighted by Crippen LogP contribution is 2.31. The van der Waals surface area contributed by atoms with Crippen molar-refractivity contribution in [2.75, 3.05) is 26.9 Å². The van der Waals surface area contributed by atoms with Gasteiger partial charge in [-0.05, 0) is 12.5 Å². The third-order valence-electron chi connectivity index (χ3n) is 2.91. The fourth-order valence-electron chi connectivity index (χ4n) is 1.95. The van der Waals surface area contributed by atoms with Crippen molar-refractivity contribution < 1.29 is 14.2 Å². The third-order valence-corrected chi connectivity index (χ3v) is 2.91. The third kappa shape index (κ3) is 2.97. The van der Waals surface area contributed by atoms with Gasteiger partial charge in [0.1, 0.15) is 18.5 Å². The van der Waals surface area contributed by atoms with Gasteiger partial charge in [-0.3, -0.25) is 0 Å². The topological polar surface area (TPSA) is 53.7 Å². The summed E-state index contributed by atoms with van der Waals surface area (Å²) in [7, 11) is 1.69. The van der Waals surface area contributed by atoms with Crippen LogP contribution in [0.3, 0.4) is 0 Å². The van der Waals surface area contributed by atoms with Crippen molar-refractivity contribution in [3.05, 3.63) is 29.8 Å². The maximum absolute atomic E-state index is 6.17. The van der Waals surface area contributed by atoms with Gasteiger partial charge in [0.15, 0.2) is 0 Å². The lowest BCUT2D eigenvalue weighted by atomic mass is 9.99. The Morgan fingerprint density at radius 2 is 2.18 bits per heavy atom. The van der Waals surface area contributed by atoms with Crippen LogP contribution in [0.4, 0.5) is 0 Å². The van der Waals surface area contributed by atoms with Crippen LogP contribution in [0.15, 0.2) is 24.3 Å². The van der Waals surface area contributed by atoms with Gasteiger partial charge in [0.2, 0.25) is 0 Å². The Hall–Kier alpha value is -1.10. The van der Waals surface area contributed by atoms with E-state index in [-0.39, 0.29) is 12.1 Å². The molecule has 2 N–H and O–H groups in total. The molecular formula is C13H19NO3. The van der Waals surface area contributed by atoms with Crippen molar-refractivity contribution in [3.8, 4) is 5.75 Å². The van der Waals surface area contributed by atoms with Crippen molar-refractivity contribution in [1.29, 1.82) is 0 Å². The van der Waals surface area contributed by atoms with Crippen molar-refractivity contribution in [2.24, 2.45) is 5.73 Å². The smallest absolute Gasteiger partial charge is 0.124 e. The summed E-state index contributed by atoms with van der Waals surface area (Å²) >= 11 is 0. The van der Waals surface area contributed by atoms with Crippen LogP contribution in [0, 0.1) is 0 Å². The number of fused-ring (bicyclic) bond motifs is 1. The predicted molar refractivity (Wildman–Crippen MR) is 65.1 cm³/mol. The second-order valence-corrected chi connectivity index (χ2v) is 4.13. The summed E-state index contributed by atoms with van der Waals surface area (Å²) in [6.07, 6.45) is 0.809. The molecule has 4 nitrogen and oxygen atoms in total. The first-order valence-electron chi connectivity index (χ1n) is 5.91. The molecule has 1 heterocycles. The molecule has 4 heteroatoms. The molecule has 0 radical (unpaired) electrons. The van der Waals surface area contributed by atoms with Crippen molar-refractivity contribution >= 4 is 0 Å². The summed E-state index contributed by atoms with van der Waals surface area (Å²) in [6, 6.07) is 7.74. The summed E-state index contributed by atoms with van der Waals surface area (Å²) in [6.45, 7) is 1.88. The number of benzene rings is 1. The average molecular weight is 237 g/mol.